The molecule has 0 atom stereocenters. The summed E-state index contributed by atoms with van der Waals surface area (Å²) in [4.78, 5) is 0. The molecule has 0 spiro atoms. The van der Waals surface area contributed by atoms with Gasteiger partial charge in [-0.3, -0.25) is 0 Å². The number of nitrogens with zero attached hydrogens (tertiary/aromatic N) is 1. The van der Waals surface area contributed by atoms with E-state index in [9.17, 15) is 0 Å². The highest BCUT2D eigenvalue weighted by atomic mass is 35.5. The molecule has 0 radical (unpaired) electrons. The van der Waals surface area contributed by atoms with Crippen LogP contribution in [0.2, 0.25) is 5.02 Å². The number of aromatic nitrogens is 1. The zero-order chi connectivity index (χ0) is 14.2. The molecule has 0 N–H and O–H groups in total. The molecule has 0 fully saturated rings. The van der Waals surface area contributed by atoms with Crippen LogP contribution in [-0.2, 0) is 13.0 Å². The number of aryl methyl sites for hydroxylation is 1. The Morgan fingerprint density at radius 3 is 2.38 bits per heavy atom. The van der Waals surface area contributed by atoms with Crippen LogP contribution in [-0.4, -0.2) is 4.57 Å². The quantitative estimate of drug-likeness (QED) is 0.594. The monoisotopic (exact) mass is 293 g/mol. The molecule has 0 aliphatic carbocycles. The van der Waals surface area contributed by atoms with Crippen molar-refractivity contribution < 1.29 is 0 Å². The summed E-state index contributed by atoms with van der Waals surface area (Å²) in [5.41, 5.74) is 6.70. The van der Waals surface area contributed by atoms with Crippen LogP contribution in [0.4, 0.5) is 0 Å². The minimum absolute atomic E-state index is 0.784. The molecule has 0 saturated carbocycles. The van der Waals surface area contributed by atoms with Crippen molar-refractivity contribution in [2.45, 2.75) is 19.4 Å². The Hall–Kier alpha value is -1.99. The van der Waals surface area contributed by atoms with Gasteiger partial charge in [-0.25, -0.2) is 0 Å². The second-order valence-corrected chi connectivity index (χ2v) is 5.97. The van der Waals surface area contributed by atoms with Crippen molar-refractivity contribution in [2.75, 3.05) is 0 Å². The van der Waals surface area contributed by atoms with E-state index in [1.807, 2.05) is 12.1 Å². The maximum atomic E-state index is 6.03. The van der Waals surface area contributed by atoms with E-state index < -0.39 is 0 Å². The molecule has 1 aromatic heterocycles. The molecule has 0 saturated heterocycles. The lowest BCUT2D eigenvalue weighted by atomic mass is 9.96. The third-order valence-electron chi connectivity index (χ3n) is 4.22. The van der Waals surface area contributed by atoms with Gasteiger partial charge in [0.2, 0.25) is 0 Å². The summed E-state index contributed by atoms with van der Waals surface area (Å²) < 4.78 is 2.41. The lowest BCUT2D eigenvalue weighted by Gasteiger charge is -2.07. The highest BCUT2D eigenvalue weighted by molar-refractivity contribution is 6.30. The van der Waals surface area contributed by atoms with Crippen molar-refractivity contribution in [3.8, 4) is 22.3 Å². The lowest BCUT2D eigenvalue weighted by Crippen LogP contribution is -1.88. The van der Waals surface area contributed by atoms with Gasteiger partial charge in [0.05, 0.1) is 0 Å². The molecule has 0 amide bonds. The van der Waals surface area contributed by atoms with Gasteiger partial charge in [0.25, 0.3) is 0 Å². The molecule has 1 aliphatic rings. The molecule has 1 nitrogen and oxygen atoms in total. The zero-order valence-corrected chi connectivity index (χ0v) is 12.5. The number of rotatable bonds is 2. The van der Waals surface area contributed by atoms with Crippen LogP contribution in [0.5, 0.6) is 0 Å². The summed E-state index contributed by atoms with van der Waals surface area (Å²) in [6, 6.07) is 18.9. The average Bonchev–Trinajstić information content (AvgIpc) is 3.09. The predicted octanol–water partition coefficient (Wildman–Crippen LogP) is 5.42. The normalized spacial score (nSPS) is 13.4. The molecule has 2 aromatic carbocycles. The van der Waals surface area contributed by atoms with Crippen molar-refractivity contribution in [1.29, 1.82) is 0 Å². The van der Waals surface area contributed by atoms with Gasteiger partial charge < -0.3 is 4.57 Å². The smallest absolute Gasteiger partial charge is 0.0406 e. The van der Waals surface area contributed by atoms with E-state index in [0.717, 1.165) is 18.0 Å². The Balaban J connectivity index is 1.94. The third-order valence-corrected chi connectivity index (χ3v) is 4.47. The van der Waals surface area contributed by atoms with Crippen molar-refractivity contribution in [3.63, 3.8) is 0 Å². The van der Waals surface area contributed by atoms with Crippen molar-refractivity contribution in [1.82, 2.24) is 4.57 Å². The van der Waals surface area contributed by atoms with Crippen LogP contribution in [0.15, 0.2) is 60.8 Å². The average molecular weight is 294 g/mol. The molecular formula is C19H16ClN. The highest BCUT2D eigenvalue weighted by Gasteiger charge is 2.21. The van der Waals surface area contributed by atoms with Crippen LogP contribution in [0.3, 0.4) is 0 Å². The summed E-state index contributed by atoms with van der Waals surface area (Å²) in [6.45, 7) is 1.13. The molecule has 0 bridgehead atoms. The number of halogens is 1. The number of hydrogen-bond donors (Lipinski definition) is 0. The summed E-state index contributed by atoms with van der Waals surface area (Å²) in [5, 5.41) is 0.784. The first kappa shape index (κ1) is 12.7. The first-order valence-corrected chi connectivity index (χ1v) is 7.74. The van der Waals surface area contributed by atoms with Gasteiger partial charge in [0.1, 0.15) is 0 Å². The van der Waals surface area contributed by atoms with E-state index in [4.69, 9.17) is 11.6 Å². The first-order valence-electron chi connectivity index (χ1n) is 7.36. The van der Waals surface area contributed by atoms with Gasteiger partial charge in [0, 0.05) is 34.6 Å². The fraction of sp³-hybridized carbons (Fsp3) is 0.158. The summed E-state index contributed by atoms with van der Waals surface area (Å²) in [5.74, 6) is 0. The zero-order valence-electron chi connectivity index (χ0n) is 11.7. The van der Waals surface area contributed by atoms with Gasteiger partial charge in [-0.2, -0.15) is 0 Å². The van der Waals surface area contributed by atoms with Gasteiger partial charge in [0.15, 0.2) is 0 Å². The van der Waals surface area contributed by atoms with Gasteiger partial charge >= 0.3 is 0 Å². The number of hydrogen-bond acceptors (Lipinski definition) is 0. The minimum atomic E-state index is 0.784. The maximum Gasteiger partial charge on any atom is 0.0406 e. The second kappa shape index (κ2) is 5.09. The van der Waals surface area contributed by atoms with E-state index in [0.29, 0.717) is 0 Å². The Bertz CT molecular complexity index is 769. The second-order valence-electron chi connectivity index (χ2n) is 5.53. The minimum Gasteiger partial charge on any atom is -0.350 e. The van der Waals surface area contributed by atoms with Gasteiger partial charge in [-0.05, 0) is 36.1 Å². The number of fused-ring (bicyclic) bond motifs is 1. The standard InChI is InChI=1S/C19H16ClN/c20-16-10-8-14(9-11-16)17-13-21-12-4-7-18(21)19(17)15-5-2-1-3-6-15/h1-3,5-6,8-11,13H,4,7,12H2. The van der Waals surface area contributed by atoms with Crippen molar-refractivity contribution in [2.24, 2.45) is 0 Å². The fourth-order valence-electron chi connectivity index (χ4n) is 3.26. The van der Waals surface area contributed by atoms with E-state index in [1.165, 1.54) is 34.4 Å². The molecule has 1 aliphatic heterocycles. The predicted molar refractivity (Wildman–Crippen MR) is 88.6 cm³/mol. The highest BCUT2D eigenvalue weighted by Crippen LogP contribution is 2.39. The van der Waals surface area contributed by atoms with Crippen LogP contribution >= 0.6 is 11.6 Å². The molecule has 4 rings (SSSR count). The first-order chi connectivity index (χ1) is 10.3. The third kappa shape index (κ3) is 2.18. The van der Waals surface area contributed by atoms with Crippen LogP contribution in [0, 0.1) is 0 Å². The molecule has 2 heteroatoms. The molecule has 104 valence electrons. The molecule has 21 heavy (non-hydrogen) atoms. The largest absolute Gasteiger partial charge is 0.350 e. The van der Waals surface area contributed by atoms with E-state index in [2.05, 4.69) is 53.2 Å². The van der Waals surface area contributed by atoms with Crippen molar-refractivity contribution >= 4 is 11.6 Å². The van der Waals surface area contributed by atoms with Gasteiger partial charge in [-0.15, -0.1) is 0 Å². The lowest BCUT2D eigenvalue weighted by molar-refractivity contribution is 0.751. The fourth-order valence-corrected chi connectivity index (χ4v) is 3.38. The van der Waals surface area contributed by atoms with E-state index in [-0.39, 0.29) is 0 Å². The SMILES string of the molecule is Clc1ccc(-c2cn3c(c2-c2ccccc2)CCC3)cc1. The molecular weight excluding hydrogens is 278 g/mol. The molecule has 2 heterocycles. The summed E-state index contributed by atoms with van der Waals surface area (Å²) >= 11 is 6.03. The Kier molecular flexibility index (Phi) is 3.08. The van der Waals surface area contributed by atoms with Crippen LogP contribution in [0.1, 0.15) is 12.1 Å². The topological polar surface area (TPSA) is 4.93 Å². The summed E-state index contributed by atoms with van der Waals surface area (Å²) in [7, 11) is 0. The Morgan fingerprint density at radius 2 is 1.62 bits per heavy atom. The molecule has 3 aromatic rings. The summed E-state index contributed by atoms with van der Waals surface area (Å²) in [6.07, 6.45) is 4.71. The van der Waals surface area contributed by atoms with E-state index in [1.54, 1.807) is 0 Å². The van der Waals surface area contributed by atoms with Crippen LogP contribution < -0.4 is 0 Å². The number of benzene rings is 2. The maximum absolute atomic E-state index is 6.03. The van der Waals surface area contributed by atoms with Gasteiger partial charge in [-0.1, -0.05) is 54.1 Å². The Morgan fingerprint density at radius 1 is 0.857 bits per heavy atom. The van der Waals surface area contributed by atoms with E-state index >= 15 is 0 Å². The van der Waals surface area contributed by atoms with Crippen molar-refractivity contribution in [3.05, 3.63) is 71.5 Å². The van der Waals surface area contributed by atoms with Crippen LogP contribution in [0.25, 0.3) is 22.3 Å². The molecule has 0 unspecified atom stereocenters. The Labute approximate surface area is 129 Å².